The highest BCUT2D eigenvalue weighted by Gasteiger charge is 2.06. The van der Waals surface area contributed by atoms with Gasteiger partial charge in [-0.05, 0) is 75.9 Å². The molecule has 0 aliphatic heterocycles. The molecule has 0 atom stereocenters. The number of non-ortho nitro benzene ring substituents is 1. The van der Waals surface area contributed by atoms with Crippen molar-refractivity contribution in [2.45, 2.75) is 13.5 Å². The van der Waals surface area contributed by atoms with Crippen molar-refractivity contribution in [2.24, 2.45) is 4.99 Å². The fraction of sp³-hybridized carbons (Fsp3) is 0.0952. The van der Waals surface area contributed by atoms with Gasteiger partial charge in [-0.1, -0.05) is 18.2 Å². The van der Waals surface area contributed by atoms with Crippen molar-refractivity contribution < 1.29 is 9.66 Å². The molecular formula is C21H17BrN2O3. The van der Waals surface area contributed by atoms with Gasteiger partial charge < -0.3 is 4.74 Å². The summed E-state index contributed by atoms with van der Waals surface area (Å²) in [7, 11) is 0. The van der Waals surface area contributed by atoms with Crippen LogP contribution in [-0.2, 0) is 6.61 Å². The maximum Gasteiger partial charge on any atom is 0.269 e. The second-order valence-electron chi connectivity index (χ2n) is 5.95. The van der Waals surface area contributed by atoms with Gasteiger partial charge in [0.1, 0.15) is 12.4 Å². The number of hydrogen-bond donors (Lipinski definition) is 0. The van der Waals surface area contributed by atoms with E-state index in [2.05, 4.69) is 20.9 Å². The highest BCUT2D eigenvalue weighted by atomic mass is 79.9. The third-order valence-electron chi connectivity index (χ3n) is 3.97. The van der Waals surface area contributed by atoms with E-state index >= 15 is 0 Å². The Labute approximate surface area is 165 Å². The van der Waals surface area contributed by atoms with Crippen LogP contribution >= 0.6 is 15.9 Å². The Morgan fingerprint density at radius 3 is 2.52 bits per heavy atom. The van der Waals surface area contributed by atoms with Crippen molar-refractivity contribution in [1.29, 1.82) is 0 Å². The summed E-state index contributed by atoms with van der Waals surface area (Å²) < 4.78 is 6.62. The minimum absolute atomic E-state index is 0.0669. The lowest BCUT2D eigenvalue weighted by molar-refractivity contribution is -0.384. The highest BCUT2D eigenvalue weighted by Crippen LogP contribution is 2.27. The van der Waals surface area contributed by atoms with E-state index in [1.165, 1.54) is 12.1 Å². The van der Waals surface area contributed by atoms with Gasteiger partial charge in [0.25, 0.3) is 5.69 Å². The molecule has 0 saturated heterocycles. The fourth-order valence-electron chi connectivity index (χ4n) is 2.44. The second kappa shape index (κ2) is 8.60. The topological polar surface area (TPSA) is 64.7 Å². The lowest BCUT2D eigenvalue weighted by Crippen LogP contribution is -1.97. The standard InChI is InChI=1S/C21H17BrN2O3/c1-15-4-2-3-5-20(15)23-13-17-8-11-21(19(22)12-17)27-14-16-6-9-18(10-7-16)24(25)26/h2-13H,14H2,1H3. The van der Waals surface area contributed by atoms with Crippen LogP contribution in [0.1, 0.15) is 16.7 Å². The molecule has 0 saturated carbocycles. The zero-order valence-corrected chi connectivity index (χ0v) is 16.2. The summed E-state index contributed by atoms with van der Waals surface area (Å²) in [5.74, 6) is 0.696. The van der Waals surface area contributed by atoms with Crippen LogP contribution in [0.3, 0.4) is 0 Å². The smallest absolute Gasteiger partial charge is 0.269 e. The molecule has 5 nitrogen and oxygen atoms in total. The van der Waals surface area contributed by atoms with Crippen LogP contribution in [0, 0.1) is 17.0 Å². The molecule has 0 amide bonds. The summed E-state index contributed by atoms with van der Waals surface area (Å²) >= 11 is 3.52. The van der Waals surface area contributed by atoms with Gasteiger partial charge in [-0.15, -0.1) is 0 Å². The molecule has 0 heterocycles. The van der Waals surface area contributed by atoms with Gasteiger partial charge >= 0.3 is 0 Å². The van der Waals surface area contributed by atoms with Crippen LogP contribution in [0.15, 0.2) is 76.2 Å². The molecule has 0 N–H and O–H groups in total. The quantitative estimate of drug-likeness (QED) is 0.277. The van der Waals surface area contributed by atoms with E-state index < -0.39 is 4.92 Å². The van der Waals surface area contributed by atoms with E-state index in [-0.39, 0.29) is 5.69 Å². The predicted octanol–water partition coefficient (Wildman–Crippen LogP) is 6.00. The van der Waals surface area contributed by atoms with Crippen molar-refractivity contribution in [1.82, 2.24) is 0 Å². The molecule has 3 aromatic carbocycles. The number of hydrogen-bond acceptors (Lipinski definition) is 4. The van der Waals surface area contributed by atoms with Gasteiger partial charge in [0.2, 0.25) is 0 Å². The number of nitro benzene ring substituents is 1. The molecule has 0 radical (unpaired) electrons. The predicted molar refractivity (Wildman–Crippen MR) is 110 cm³/mol. The summed E-state index contributed by atoms with van der Waals surface area (Å²) in [6.07, 6.45) is 1.81. The molecule has 0 aromatic heterocycles. The monoisotopic (exact) mass is 424 g/mol. The van der Waals surface area contributed by atoms with E-state index in [0.29, 0.717) is 12.4 Å². The molecule has 3 rings (SSSR count). The average Bonchev–Trinajstić information content (AvgIpc) is 2.67. The van der Waals surface area contributed by atoms with Crippen molar-refractivity contribution in [3.05, 3.63) is 98.0 Å². The van der Waals surface area contributed by atoms with Crippen LogP contribution in [-0.4, -0.2) is 11.1 Å². The number of aryl methyl sites for hydroxylation is 1. The van der Waals surface area contributed by atoms with E-state index in [1.807, 2.05) is 55.6 Å². The van der Waals surface area contributed by atoms with Gasteiger partial charge in [-0.2, -0.15) is 0 Å². The Balaban J connectivity index is 1.66. The molecule has 6 heteroatoms. The second-order valence-corrected chi connectivity index (χ2v) is 6.80. The first-order valence-corrected chi connectivity index (χ1v) is 9.07. The van der Waals surface area contributed by atoms with Gasteiger partial charge in [-0.25, -0.2) is 0 Å². The van der Waals surface area contributed by atoms with Crippen LogP contribution in [0.5, 0.6) is 5.75 Å². The number of aliphatic imine (C=N–C) groups is 1. The summed E-state index contributed by atoms with van der Waals surface area (Å²) in [4.78, 5) is 14.8. The normalized spacial score (nSPS) is 10.9. The first-order valence-electron chi connectivity index (χ1n) is 8.28. The van der Waals surface area contributed by atoms with Gasteiger partial charge in [0, 0.05) is 18.3 Å². The van der Waals surface area contributed by atoms with Gasteiger partial charge in [-0.3, -0.25) is 15.1 Å². The Morgan fingerprint density at radius 2 is 1.85 bits per heavy atom. The molecule has 0 aliphatic carbocycles. The number of rotatable bonds is 6. The van der Waals surface area contributed by atoms with Crippen LogP contribution in [0.2, 0.25) is 0 Å². The Bertz CT molecular complexity index is 985. The van der Waals surface area contributed by atoms with Crippen LogP contribution < -0.4 is 4.74 Å². The number of benzene rings is 3. The third kappa shape index (κ3) is 5.01. The maximum atomic E-state index is 10.7. The first kappa shape index (κ1) is 18.8. The molecule has 0 bridgehead atoms. The Hall–Kier alpha value is -2.99. The lowest BCUT2D eigenvalue weighted by Gasteiger charge is -2.09. The van der Waals surface area contributed by atoms with Crippen molar-refractivity contribution in [2.75, 3.05) is 0 Å². The average molecular weight is 425 g/mol. The molecule has 27 heavy (non-hydrogen) atoms. The van der Waals surface area contributed by atoms with E-state index in [0.717, 1.165) is 26.9 Å². The molecule has 0 spiro atoms. The molecule has 0 fully saturated rings. The number of nitrogens with zero attached hydrogens (tertiary/aromatic N) is 2. The largest absolute Gasteiger partial charge is 0.488 e. The number of ether oxygens (including phenoxy) is 1. The van der Waals surface area contributed by atoms with E-state index in [9.17, 15) is 10.1 Å². The van der Waals surface area contributed by atoms with Gasteiger partial charge in [0.05, 0.1) is 15.1 Å². The third-order valence-corrected chi connectivity index (χ3v) is 4.59. The number of halogens is 1. The minimum Gasteiger partial charge on any atom is -0.488 e. The fourth-order valence-corrected chi connectivity index (χ4v) is 2.95. The SMILES string of the molecule is Cc1ccccc1N=Cc1ccc(OCc2ccc([N+](=O)[O-])cc2)c(Br)c1. The van der Waals surface area contributed by atoms with Crippen molar-refractivity contribution in [3.63, 3.8) is 0 Å². The maximum absolute atomic E-state index is 10.7. The molecule has 3 aromatic rings. The summed E-state index contributed by atoms with van der Waals surface area (Å²) in [5.41, 5.74) is 3.94. The molecule has 0 aliphatic rings. The van der Waals surface area contributed by atoms with Crippen molar-refractivity contribution in [3.8, 4) is 5.75 Å². The molecular weight excluding hydrogens is 408 g/mol. The minimum atomic E-state index is -0.418. The van der Waals surface area contributed by atoms with E-state index in [4.69, 9.17) is 4.74 Å². The summed E-state index contributed by atoms with van der Waals surface area (Å²) in [5, 5.41) is 10.7. The number of para-hydroxylation sites is 1. The van der Waals surface area contributed by atoms with Gasteiger partial charge in [0.15, 0.2) is 0 Å². The molecule has 136 valence electrons. The Kier molecular flexibility index (Phi) is 5.98. The summed E-state index contributed by atoms with van der Waals surface area (Å²) in [6, 6.07) is 20.0. The zero-order valence-electron chi connectivity index (χ0n) is 14.6. The van der Waals surface area contributed by atoms with Crippen LogP contribution in [0.25, 0.3) is 0 Å². The number of nitro groups is 1. The Morgan fingerprint density at radius 1 is 1.11 bits per heavy atom. The first-order chi connectivity index (χ1) is 13.0. The lowest BCUT2D eigenvalue weighted by atomic mass is 10.2. The zero-order chi connectivity index (χ0) is 19.2. The summed E-state index contributed by atoms with van der Waals surface area (Å²) in [6.45, 7) is 2.35. The van der Waals surface area contributed by atoms with Crippen LogP contribution in [0.4, 0.5) is 11.4 Å². The highest BCUT2D eigenvalue weighted by molar-refractivity contribution is 9.10. The molecule has 0 unspecified atom stereocenters. The van der Waals surface area contributed by atoms with Crippen molar-refractivity contribution >= 4 is 33.5 Å². The van der Waals surface area contributed by atoms with E-state index in [1.54, 1.807) is 12.1 Å².